The number of carbonyl (C=O) groups excluding carboxylic acids is 1. The number of hydrogen-bond acceptors (Lipinski definition) is 3. The van der Waals surface area contributed by atoms with Crippen molar-refractivity contribution in [1.29, 1.82) is 5.26 Å². The Balaban J connectivity index is 1.99. The number of amides is 1. The summed E-state index contributed by atoms with van der Waals surface area (Å²) in [5.41, 5.74) is -0.606. The first-order valence-electron chi connectivity index (χ1n) is 8.69. The van der Waals surface area contributed by atoms with Crippen LogP contribution in [0.4, 0.5) is 18.9 Å². The number of halogens is 3. The number of aliphatic carboxylic acids is 1. The van der Waals surface area contributed by atoms with E-state index in [1.165, 1.54) is 18.2 Å². The molecule has 1 aliphatic rings. The van der Waals surface area contributed by atoms with E-state index in [9.17, 15) is 22.8 Å². The topological polar surface area (TPSA) is 90.2 Å². The van der Waals surface area contributed by atoms with E-state index < -0.39 is 29.3 Å². The van der Waals surface area contributed by atoms with E-state index in [2.05, 4.69) is 5.32 Å². The van der Waals surface area contributed by atoms with Gasteiger partial charge in [0.1, 0.15) is 0 Å². The van der Waals surface area contributed by atoms with E-state index in [1.807, 2.05) is 6.07 Å². The van der Waals surface area contributed by atoms with Crippen molar-refractivity contribution in [3.05, 3.63) is 64.7 Å². The predicted octanol–water partition coefficient (Wildman–Crippen LogP) is 4.75. The van der Waals surface area contributed by atoms with Gasteiger partial charge in [-0.1, -0.05) is 18.2 Å². The van der Waals surface area contributed by atoms with Crippen molar-refractivity contribution in [1.82, 2.24) is 0 Å². The third kappa shape index (κ3) is 4.29. The quantitative estimate of drug-likeness (QED) is 0.775. The van der Waals surface area contributed by atoms with Crippen molar-refractivity contribution >= 4 is 17.6 Å². The number of carboxylic acids is 1. The summed E-state index contributed by atoms with van der Waals surface area (Å²) in [6.07, 6.45) is -3.87. The van der Waals surface area contributed by atoms with E-state index in [0.717, 1.165) is 12.1 Å². The van der Waals surface area contributed by atoms with Gasteiger partial charge in [0.2, 0.25) is 0 Å². The van der Waals surface area contributed by atoms with E-state index in [0.29, 0.717) is 17.5 Å². The number of hydrogen-bond donors (Lipinski definition) is 2. The molecule has 29 heavy (non-hydrogen) atoms. The van der Waals surface area contributed by atoms with Gasteiger partial charge < -0.3 is 10.4 Å². The molecule has 0 atom stereocenters. The van der Waals surface area contributed by atoms with Gasteiger partial charge in [0.05, 0.1) is 22.9 Å². The molecule has 1 amide bonds. The molecule has 0 radical (unpaired) electrons. The summed E-state index contributed by atoms with van der Waals surface area (Å²) in [7, 11) is 0. The molecular formula is C21H15F3N2O3. The first-order chi connectivity index (χ1) is 13.7. The second kappa shape index (κ2) is 7.80. The SMILES string of the molecule is N#Cc1cccc(-c2ccc(NC(=O)C3=C(C(=O)O)CCC3)c(C(F)(F)F)c2)c1. The lowest BCUT2D eigenvalue weighted by Gasteiger charge is -2.16. The summed E-state index contributed by atoms with van der Waals surface area (Å²) >= 11 is 0. The smallest absolute Gasteiger partial charge is 0.418 e. The van der Waals surface area contributed by atoms with Gasteiger partial charge in [0, 0.05) is 11.1 Å². The molecule has 0 saturated carbocycles. The van der Waals surface area contributed by atoms with Crippen LogP contribution in [0, 0.1) is 11.3 Å². The number of carboxylic acid groups (broad SMARTS) is 1. The molecule has 3 rings (SSSR count). The summed E-state index contributed by atoms with van der Waals surface area (Å²) in [5, 5.41) is 20.3. The number of nitriles is 1. The minimum Gasteiger partial charge on any atom is -0.478 e. The molecule has 0 spiro atoms. The second-order valence-electron chi connectivity index (χ2n) is 6.52. The summed E-state index contributed by atoms with van der Waals surface area (Å²) < 4.78 is 40.8. The standard InChI is InChI=1S/C21H15F3N2O3/c22-21(23,24)17-10-14(13-4-1-3-12(9-13)11-25)7-8-18(17)26-19(27)15-5-2-6-16(15)20(28)29/h1,3-4,7-10H,2,5-6H2,(H,26,27)(H,28,29). The lowest BCUT2D eigenvalue weighted by Crippen LogP contribution is -2.19. The van der Waals surface area contributed by atoms with E-state index >= 15 is 0 Å². The van der Waals surface area contributed by atoms with Crippen molar-refractivity contribution in [2.75, 3.05) is 5.32 Å². The summed E-state index contributed by atoms with van der Waals surface area (Å²) in [6.45, 7) is 0. The van der Waals surface area contributed by atoms with Gasteiger partial charge in [-0.05, 0) is 54.7 Å². The van der Waals surface area contributed by atoms with Gasteiger partial charge in [-0.15, -0.1) is 0 Å². The fourth-order valence-electron chi connectivity index (χ4n) is 3.26. The molecule has 5 nitrogen and oxygen atoms in total. The van der Waals surface area contributed by atoms with Crippen molar-refractivity contribution in [3.8, 4) is 17.2 Å². The zero-order valence-corrected chi connectivity index (χ0v) is 15.0. The average molecular weight is 400 g/mol. The van der Waals surface area contributed by atoms with Crippen LogP contribution in [-0.4, -0.2) is 17.0 Å². The molecule has 148 valence electrons. The Morgan fingerprint density at radius 2 is 1.72 bits per heavy atom. The Labute approximate surface area is 164 Å². The molecule has 2 aromatic rings. The van der Waals surface area contributed by atoms with Gasteiger partial charge in [0.15, 0.2) is 0 Å². The fourth-order valence-corrected chi connectivity index (χ4v) is 3.26. The highest BCUT2D eigenvalue weighted by Gasteiger charge is 2.35. The number of rotatable bonds is 4. The normalized spacial score (nSPS) is 13.9. The van der Waals surface area contributed by atoms with Crippen molar-refractivity contribution in [3.63, 3.8) is 0 Å². The molecule has 1 aliphatic carbocycles. The minimum absolute atomic E-state index is 0.00331. The van der Waals surface area contributed by atoms with Gasteiger partial charge in [0.25, 0.3) is 5.91 Å². The molecule has 0 bridgehead atoms. The Kier molecular flexibility index (Phi) is 5.41. The maximum atomic E-state index is 13.6. The molecule has 0 unspecified atom stereocenters. The molecule has 0 heterocycles. The summed E-state index contributed by atoms with van der Waals surface area (Å²) in [4.78, 5) is 23.6. The zero-order chi connectivity index (χ0) is 21.2. The Hall–Kier alpha value is -3.60. The zero-order valence-electron chi connectivity index (χ0n) is 15.0. The van der Waals surface area contributed by atoms with Crippen LogP contribution in [0.2, 0.25) is 0 Å². The van der Waals surface area contributed by atoms with Gasteiger partial charge >= 0.3 is 12.1 Å². The maximum absolute atomic E-state index is 13.6. The molecule has 0 aromatic heterocycles. The Morgan fingerprint density at radius 3 is 2.38 bits per heavy atom. The molecule has 0 fully saturated rings. The van der Waals surface area contributed by atoms with Crippen LogP contribution in [0.1, 0.15) is 30.4 Å². The fraction of sp³-hybridized carbons (Fsp3) is 0.190. The molecule has 0 saturated heterocycles. The van der Waals surface area contributed by atoms with Crippen LogP contribution in [0.25, 0.3) is 11.1 Å². The van der Waals surface area contributed by atoms with Crippen LogP contribution >= 0.6 is 0 Å². The number of alkyl halides is 3. The molecule has 2 N–H and O–H groups in total. The van der Waals surface area contributed by atoms with E-state index in [4.69, 9.17) is 10.4 Å². The molecular weight excluding hydrogens is 385 g/mol. The van der Waals surface area contributed by atoms with Gasteiger partial charge in [-0.25, -0.2) is 4.79 Å². The first-order valence-corrected chi connectivity index (χ1v) is 8.69. The summed E-state index contributed by atoms with van der Waals surface area (Å²) in [5.74, 6) is -2.08. The number of nitrogens with zero attached hydrogens (tertiary/aromatic N) is 1. The highest BCUT2D eigenvalue weighted by Crippen LogP contribution is 2.38. The monoisotopic (exact) mass is 400 g/mol. The lowest BCUT2D eigenvalue weighted by atomic mass is 9.99. The van der Waals surface area contributed by atoms with Crippen molar-refractivity contribution < 1.29 is 27.9 Å². The highest BCUT2D eigenvalue weighted by molar-refractivity contribution is 6.09. The Bertz CT molecular complexity index is 1070. The molecule has 2 aromatic carbocycles. The van der Waals surface area contributed by atoms with E-state index in [-0.39, 0.29) is 29.6 Å². The van der Waals surface area contributed by atoms with Crippen LogP contribution in [0.15, 0.2) is 53.6 Å². The predicted molar refractivity (Wildman–Crippen MR) is 98.7 cm³/mol. The van der Waals surface area contributed by atoms with Crippen LogP contribution < -0.4 is 5.32 Å². The highest BCUT2D eigenvalue weighted by atomic mass is 19.4. The number of nitrogens with one attached hydrogen (secondary N) is 1. The maximum Gasteiger partial charge on any atom is 0.418 e. The van der Waals surface area contributed by atoms with Crippen molar-refractivity contribution in [2.45, 2.75) is 25.4 Å². The number of benzene rings is 2. The number of carbonyl (C=O) groups is 2. The molecule has 0 aliphatic heterocycles. The third-order valence-corrected chi connectivity index (χ3v) is 4.65. The molecule has 8 heteroatoms. The van der Waals surface area contributed by atoms with Gasteiger partial charge in [-0.3, -0.25) is 4.79 Å². The summed E-state index contributed by atoms with van der Waals surface area (Å²) in [6, 6.07) is 11.5. The van der Waals surface area contributed by atoms with Gasteiger partial charge in [-0.2, -0.15) is 18.4 Å². The van der Waals surface area contributed by atoms with Crippen molar-refractivity contribution in [2.24, 2.45) is 0 Å². The largest absolute Gasteiger partial charge is 0.478 e. The number of anilines is 1. The average Bonchev–Trinajstić information content (AvgIpc) is 3.18. The van der Waals surface area contributed by atoms with Crippen LogP contribution in [0.3, 0.4) is 0 Å². The third-order valence-electron chi connectivity index (χ3n) is 4.65. The minimum atomic E-state index is -4.74. The Morgan fingerprint density at radius 1 is 1.03 bits per heavy atom. The second-order valence-corrected chi connectivity index (χ2v) is 6.52. The first kappa shape index (κ1) is 20.1. The van der Waals surface area contributed by atoms with E-state index in [1.54, 1.807) is 12.1 Å². The van der Waals surface area contributed by atoms with Crippen LogP contribution in [-0.2, 0) is 15.8 Å². The van der Waals surface area contributed by atoms with Crippen LogP contribution in [0.5, 0.6) is 0 Å². The lowest BCUT2D eigenvalue weighted by molar-refractivity contribution is -0.137.